The van der Waals surface area contributed by atoms with E-state index < -0.39 is 41.2 Å². The topological polar surface area (TPSA) is 96.0 Å². The van der Waals surface area contributed by atoms with Crippen molar-refractivity contribution in [1.29, 1.82) is 0 Å². The van der Waals surface area contributed by atoms with E-state index in [0.717, 1.165) is 32.1 Å². The molecule has 44 heavy (non-hydrogen) atoms. The van der Waals surface area contributed by atoms with Crippen molar-refractivity contribution in [2.45, 2.75) is 49.7 Å². The van der Waals surface area contributed by atoms with Gasteiger partial charge in [0, 0.05) is 16.6 Å². The lowest BCUT2D eigenvalue weighted by atomic mass is 9.71. The Kier molecular flexibility index (Phi) is 8.26. The maximum atomic E-state index is 14.7. The number of nitrogens with one attached hydrogen (secondary N) is 1. The molecule has 0 radical (unpaired) electrons. The Bertz CT molecular complexity index is 1550. The third kappa shape index (κ3) is 4.79. The van der Waals surface area contributed by atoms with Gasteiger partial charge in [-0.15, -0.1) is 0 Å². The summed E-state index contributed by atoms with van der Waals surface area (Å²) in [7, 11) is 1.25. The van der Waals surface area contributed by atoms with Crippen molar-refractivity contribution < 1.29 is 23.9 Å². The number of halogens is 1. The number of hydrogen-bond donors (Lipinski definition) is 1. The average Bonchev–Trinajstić information content (AvgIpc) is 3.52. The molecule has 3 aliphatic rings. The summed E-state index contributed by atoms with van der Waals surface area (Å²) < 4.78 is 5.31. The molecular formula is C34H32ClN3O5S. The van der Waals surface area contributed by atoms with Crippen molar-refractivity contribution >= 4 is 52.6 Å². The number of amides is 3. The quantitative estimate of drug-likeness (QED) is 0.239. The van der Waals surface area contributed by atoms with Gasteiger partial charge in [0.2, 0.25) is 11.8 Å². The van der Waals surface area contributed by atoms with Crippen molar-refractivity contribution in [2.75, 3.05) is 7.11 Å². The van der Waals surface area contributed by atoms with Crippen molar-refractivity contribution in [3.05, 3.63) is 107 Å². The third-order valence-electron chi connectivity index (χ3n) is 9.19. The molecule has 10 heteroatoms. The predicted molar refractivity (Wildman–Crippen MR) is 169 cm³/mol. The molecule has 1 saturated carbocycles. The van der Waals surface area contributed by atoms with Crippen LogP contribution >= 0.6 is 23.8 Å². The predicted octanol–water partition coefficient (Wildman–Crippen LogP) is 5.09. The number of fused-ring (bicyclic) bond motifs is 1. The van der Waals surface area contributed by atoms with Crippen LogP contribution in [0.15, 0.2) is 84.9 Å². The summed E-state index contributed by atoms with van der Waals surface area (Å²) in [6.45, 7) is 0. The summed E-state index contributed by atoms with van der Waals surface area (Å²) in [6, 6.07) is 23.3. The Balaban J connectivity index is 1.57. The van der Waals surface area contributed by atoms with E-state index in [1.54, 1.807) is 29.2 Å². The fourth-order valence-corrected chi connectivity index (χ4v) is 7.85. The summed E-state index contributed by atoms with van der Waals surface area (Å²) in [6.07, 6.45) is 4.35. The molecule has 226 valence electrons. The van der Waals surface area contributed by atoms with Crippen molar-refractivity contribution in [1.82, 2.24) is 15.1 Å². The van der Waals surface area contributed by atoms with Gasteiger partial charge >= 0.3 is 5.97 Å². The van der Waals surface area contributed by atoms with Crippen molar-refractivity contribution in [3.63, 3.8) is 0 Å². The van der Waals surface area contributed by atoms with Crippen molar-refractivity contribution in [3.8, 4) is 0 Å². The summed E-state index contributed by atoms with van der Waals surface area (Å²) >= 11 is 12.0. The maximum Gasteiger partial charge on any atom is 0.329 e. The number of rotatable bonds is 5. The van der Waals surface area contributed by atoms with E-state index in [-0.39, 0.29) is 17.1 Å². The number of hydrogen-bond acceptors (Lipinski definition) is 6. The lowest BCUT2D eigenvalue weighted by molar-refractivity contribution is -0.152. The zero-order valence-electron chi connectivity index (χ0n) is 24.1. The van der Waals surface area contributed by atoms with Crippen LogP contribution in [-0.2, 0) is 24.7 Å². The van der Waals surface area contributed by atoms with E-state index in [2.05, 4.69) is 5.32 Å². The molecule has 3 atom stereocenters. The minimum absolute atomic E-state index is 0.104. The van der Waals surface area contributed by atoms with Crippen LogP contribution in [0.25, 0.3) is 0 Å². The number of carbonyl (C=O) groups excluding carboxylic acids is 4. The van der Waals surface area contributed by atoms with Gasteiger partial charge in [-0.25, -0.2) is 4.79 Å². The molecule has 0 bridgehead atoms. The molecule has 2 aliphatic heterocycles. The minimum atomic E-state index is -1.42. The Hall–Kier alpha value is -4.08. The van der Waals surface area contributed by atoms with E-state index in [1.165, 1.54) is 12.0 Å². The van der Waals surface area contributed by atoms with E-state index in [0.29, 0.717) is 21.7 Å². The first-order valence-electron chi connectivity index (χ1n) is 14.8. The molecule has 2 saturated heterocycles. The number of benzene rings is 3. The van der Waals surface area contributed by atoms with Gasteiger partial charge in [0.1, 0.15) is 11.6 Å². The van der Waals surface area contributed by atoms with Crippen molar-refractivity contribution in [2.24, 2.45) is 11.8 Å². The van der Waals surface area contributed by atoms with E-state index in [1.807, 2.05) is 60.7 Å². The second-order valence-corrected chi connectivity index (χ2v) is 12.3. The summed E-state index contributed by atoms with van der Waals surface area (Å²) in [5, 5.41) is 3.15. The van der Waals surface area contributed by atoms with Gasteiger partial charge in [0.25, 0.3) is 5.91 Å². The van der Waals surface area contributed by atoms with E-state index in [9.17, 15) is 19.2 Å². The number of esters is 1. The Morgan fingerprint density at radius 3 is 1.98 bits per heavy atom. The molecule has 3 fully saturated rings. The Morgan fingerprint density at radius 1 is 0.864 bits per heavy atom. The smallest absolute Gasteiger partial charge is 0.329 e. The number of nitrogens with zero attached hydrogens (tertiary/aromatic N) is 2. The number of imide groups is 1. The number of ether oxygens (including phenoxy) is 1. The van der Waals surface area contributed by atoms with Gasteiger partial charge in [-0.3, -0.25) is 24.6 Å². The van der Waals surface area contributed by atoms with Crippen LogP contribution in [0, 0.1) is 11.8 Å². The molecular weight excluding hydrogens is 598 g/mol. The van der Waals surface area contributed by atoms with Gasteiger partial charge in [-0.05, 0) is 60.5 Å². The highest BCUT2D eigenvalue weighted by atomic mass is 35.5. The lowest BCUT2D eigenvalue weighted by Gasteiger charge is -2.45. The van der Waals surface area contributed by atoms with Crippen LogP contribution < -0.4 is 5.32 Å². The zero-order valence-corrected chi connectivity index (χ0v) is 25.7. The first-order valence-corrected chi connectivity index (χ1v) is 15.5. The Labute approximate surface area is 266 Å². The minimum Gasteiger partial charge on any atom is -0.467 e. The van der Waals surface area contributed by atoms with Crippen LogP contribution in [0.1, 0.15) is 53.6 Å². The second-order valence-electron chi connectivity index (χ2n) is 11.4. The Morgan fingerprint density at radius 2 is 1.43 bits per heavy atom. The SMILES string of the molecule is COC(=O)[C@H]1C2C(=O)N(C3CCCCC3)C(=O)C2C(c2ccccc2)(c2ccccc2)N1C(=S)NC(=O)c1ccc(Cl)cc1. The monoisotopic (exact) mass is 629 g/mol. The number of likely N-dealkylation sites (tertiary alicyclic amines) is 2. The first-order chi connectivity index (χ1) is 21.3. The molecule has 3 aromatic rings. The van der Waals surface area contributed by atoms with Gasteiger partial charge < -0.3 is 9.64 Å². The van der Waals surface area contributed by atoms with Crippen LogP contribution in [-0.4, -0.2) is 57.8 Å². The molecule has 6 rings (SSSR count). The molecule has 2 unspecified atom stereocenters. The normalized spacial score (nSPS) is 22.9. The molecule has 3 amide bonds. The molecule has 0 aromatic heterocycles. The molecule has 0 spiro atoms. The molecule has 3 aromatic carbocycles. The van der Waals surface area contributed by atoms with Gasteiger partial charge in [0.15, 0.2) is 5.11 Å². The van der Waals surface area contributed by atoms with Crippen LogP contribution in [0.2, 0.25) is 5.02 Å². The van der Waals surface area contributed by atoms with Gasteiger partial charge in [-0.1, -0.05) is 91.5 Å². The van der Waals surface area contributed by atoms with Gasteiger partial charge in [-0.2, -0.15) is 0 Å². The lowest BCUT2D eigenvalue weighted by Crippen LogP contribution is -2.60. The zero-order chi connectivity index (χ0) is 31.0. The molecule has 1 N–H and O–H groups in total. The highest BCUT2D eigenvalue weighted by molar-refractivity contribution is 7.80. The molecule has 1 aliphatic carbocycles. The number of thiocarbonyl (C=S) groups is 1. The second kappa shape index (κ2) is 12.1. The summed E-state index contributed by atoms with van der Waals surface area (Å²) in [5.74, 6) is -4.11. The fourth-order valence-electron chi connectivity index (χ4n) is 7.38. The molecule has 2 heterocycles. The highest BCUT2D eigenvalue weighted by Gasteiger charge is 2.73. The molecule has 8 nitrogen and oxygen atoms in total. The van der Waals surface area contributed by atoms with E-state index in [4.69, 9.17) is 28.6 Å². The number of methoxy groups -OCH3 is 1. The number of carbonyl (C=O) groups is 4. The highest BCUT2D eigenvalue weighted by Crippen LogP contribution is 2.58. The first kappa shape index (κ1) is 30.0. The van der Waals surface area contributed by atoms with Crippen LogP contribution in [0.3, 0.4) is 0 Å². The van der Waals surface area contributed by atoms with E-state index >= 15 is 0 Å². The van der Waals surface area contributed by atoms with Crippen LogP contribution in [0.5, 0.6) is 0 Å². The average molecular weight is 630 g/mol. The largest absolute Gasteiger partial charge is 0.467 e. The summed E-state index contributed by atoms with van der Waals surface area (Å²) in [5.41, 5.74) is 0.183. The third-order valence-corrected chi connectivity index (χ3v) is 9.74. The van der Waals surface area contributed by atoms with Crippen LogP contribution in [0.4, 0.5) is 0 Å². The fraction of sp³-hybridized carbons (Fsp3) is 0.324. The summed E-state index contributed by atoms with van der Waals surface area (Å²) in [4.78, 5) is 59.4. The van der Waals surface area contributed by atoms with Gasteiger partial charge in [0.05, 0.1) is 18.9 Å². The standard InChI is InChI=1S/C34H32ClN3O5S/c1-43-32(42)28-26-27(31(41)37(30(26)40)25-15-9-4-10-16-25)34(22-11-5-2-6-12-22,23-13-7-3-8-14-23)38(28)33(44)36-29(39)21-17-19-24(35)20-18-21/h2-3,5-8,11-14,17-20,25-28H,4,9-10,15-16H2,1H3,(H,36,39,44)/t26?,27?,28-/m1/s1. The maximum absolute atomic E-state index is 14.7.